The number of para-hydroxylation sites is 1. The van der Waals surface area contributed by atoms with Crippen molar-refractivity contribution >= 4 is 23.2 Å². The van der Waals surface area contributed by atoms with Gasteiger partial charge in [0.25, 0.3) is 0 Å². The molecule has 4 aromatic rings. The largest absolute Gasteiger partial charge is 0.487 e. The first-order valence-corrected chi connectivity index (χ1v) is 12.0. The highest BCUT2D eigenvalue weighted by Crippen LogP contribution is 2.35. The predicted molar refractivity (Wildman–Crippen MR) is 131 cm³/mol. The van der Waals surface area contributed by atoms with E-state index in [1.165, 1.54) is 18.4 Å². The van der Waals surface area contributed by atoms with Crippen LogP contribution in [0.1, 0.15) is 29.8 Å². The molecule has 0 saturated heterocycles. The first-order valence-electron chi connectivity index (χ1n) is 11.2. The van der Waals surface area contributed by atoms with Gasteiger partial charge in [0.2, 0.25) is 0 Å². The van der Waals surface area contributed by atoms with Gasteiger partial charge in [-0.1, -0.05) is 65.7 Å². The third-order valence-electron chi connectivity index (χ3n) is 5.97. The van der Waals surface area contributed by atoms with Crippen LogP contribution in [0.15, 0.2) is 72.8 Å². The van der Waals surface area contributed by atoms with Crippen LogP contribution in [0.3, 0.4) is 0 Å². The molecule has 1 fully saturated rings. The second-order valence-corrected chi connectivity index (χ2v) is 9.47. The topological polar surface area (TPSA) is 27.1 Å². The Kier molecular flexibility index (Phi) is 6.51. The minimum atomic E-state index is -4.62. The van der Waals surface area contributed by atoms with Crippen molar-refractivity contribution in [3.8, 4) is 22.6 Å². The molecule has 0 radical (unpaired) electrons. The summed E-state index contributed by atoms with van der Waals surface area (Å²) in [5.74, 6) is 1.36. The third kappa shape index (κ3) is 5.49. The number of hydrogen-bond donors (Lipinski definition) is 0. The molecule has 0 bridgehead atoms. The number of hydrogen-bond acceptors (Lipinski definition) is 2. The number of halogens is 5. The first kappa shape index (κ1) is 23.8. The van der Waals surface area contributed by atoms with Gasteiger partial charge in [-0.2, -0.15) is 18.3 Å². The molecule has 8 heteroatoms. The van der Waals surface area contributed by atoms with Crippen molar-refractivity contribution in [3.05, 3.63) is 99.8 Å². The van der Waals surface area contributed by atoms with Crippen LogP contribution < -0.4 is 4.74 Å². The fourth-order valence-corrected chi connectivity index (χ4v) is 4.49. The van der Waals surface area contributed by atoms with Gasteiger partial charge >= 0.3 is 6.18 Å². The van der Waals surface area contributed by atoms with Crippen LogP contribution in [0.2, 0.25) is 10.0 Å². The summed E-state index contributed by atoms with van der Waals surface area (Å²) in [6, 6.07) is 21.6. The van der Waals surface area contributed by atoms with Gasteiger partial charge in [0.15, 0.2) is 5.69 Å². The van der Waals surface area contributed by atoms with Gasteiger partial charge in [-0.3, -0.25) is 0 Å². The third-order valence-corrected chi connectivity index (χ3v) is 6.58. The van der Waals surface area contributed by atoms with Crippen molar-refractivity contribution in [1.29, 1.82) is 0 Å². The van der Waals surface area contributed by atoms with Crippen molar-refractivity contribution in [2.24, 2.45) is 5.92 Å². The van der Waals surface area contributed by atoms with E-state index in [1.807, 2.05) is 12.1 Å². The summed E-state index contributed by atoms with van der Waals surface area (Å²) in [5, 5.41) is 4.08. The van der Waals surface area contributed by atoms with E-state index >= 15 is 0 Å². The summed E-state index contributed by atoms with van der Waals surface area (Å²) in [7, 11) is 0. The lowest BCUT2D eigenvalue weighted by molar-refractivity contribution is -0.141. The van der Waals surface area contributed by atoms with Crippen molar-refractivity contribution in [2.45, 2.75) is 32.0 Å². The van der Waals surface area contributed by atoms with E-state index in [-0.39, 0.29) is 28.0 Å². The molecule has 1 heterocycles. The Morgan fingerprint density at radius 3 is 2.06 bits per heavy atom. The van der Waals surface area contributed by atoms with E-state index in [2.05, 4.69) is 29.4 Å². The molecule has 0 N–H and O–H groups in total. The molecule has 0 unspecified atom stereocenters. The highest BCUT2D eigenvalue weighted by atomic mass is 35.5. The molecule has 1 aromatic heterocycles. The van der Waals surface area contributed by atoms with Crippen molar-refractivity contribution in [1.82, 2.24) is 9.78 Å². The van der Waals surface area contributed by atoms with Crippen LogP contribution in [0.25, 0.3) is 16.8 Å². The molecule has 1 saturated carbocycles. The fourth-order valence-electron chi connectivity index (χ4n) is 3.94. The molecule has 1 aliphatic carbocycles. The van der Waals surface area contributed by atoms with E-state index in [1.54, 1.807) is 30.3 Å². The van der Waals surface area contributed by atoms with E-state index in [4.69, 9.17) is 27.9 Å². The molecule has 0 amide bonds. The summed E-state index contributed by atoms with van der Waals surface area (Å²) in [6.45, 7) is -0.153. The van der Waals surface area contributed by atoms with Gasteiger partial charge in [-0.15, -0.1) is 0 Å². The van der Waals surface area contributed by atoms with E-state index < -0.39 is 11.9 Å². The Bertz CT molecular complexity index is 1310. The van der Waals surface area contributed by atoms with Gasteiger partial charge < -0.3 is 4.74 Å². The molecule has 0 atom stereocenters. The second kappa shape index (κ2) is 9.59. The van der Waals surface area contributed by atoms with Gasteiger partial charge in [-0.05, 0) is 72.2 Å². The SMILES string of the molecule is FC(F)(F)c1cc(COc2ccc(-c3ccc(CC4CC4)cc3)cc2)n(-c2c(Cl)cccc2Cl)n1. The number of alkyl halides is 3. The lowest BCUT2D eigenvalue weighted by atomic mass is 10.0. The van der Waals surface area contributed by atoms with Gasteiger partial charge in [0, 0.05) is 0 Å². The summed E-state index contributed by atoms with van der Waals surface area (Å²) < 4.78 is 47.0. The zero-order chi connectivity index (χ0) is 24.6. The minimum Gasteiger partial charge on any atom is -0.487 e. The summed E-state index contributed by atoms with van der Waals surface area (Å²) in [5.41, 5.74) is 2.77. The Morgan fingerprint density at radius 1 is 0.886 bits per heavy atom. The maximum atomic E-state index is 13.4. The lowest BCUT2D eigenvalue weighted by Gasteiger charge is -2.12. The van der Waals surface area contributed by atoms with Crippen molar-refractivity contribution in [3.63, 3.8) is 0 Å². The second-order valence-electron chi connectivity index (χ2n) is 8.66. The quantitative estimate of drug-likeness (QED) is 0.246. The summed E-state index contributed by atoms with van der Waals surface area (Å²) in [4.78, 5) is 0. The van der Waals surface area contributed by atoms with Crippen LogP contribution >= 0.6 is 23.2 Å². The van der Waals surface area contributed by atoms with Gasteiger partial charge in [-0.25, -0.2) is 4.68 Å². The first-order chi connectivity index (χ1) is 16.8. The van der Waals surface area contributed by atoms with Crippen LogP contribution in [0, 0.1) is 5.92 Å². The molecular weight excluding hydrogens is 496 g/mol. The van der Waals surface area contributed by atoms with Gasteiger partial charge in [0.1, 0.15) is 18.0 Å². The molecule has 1 aliphatic rings. The smallest absolute Gasteiger partial charge is 0.435 e. The van der Waals surface area contributed by atoms with Crippen LogP contribution in [-0.4, -0.2) is 9.78 Å². The Balaban J connectivity index is 1.34. The zero-order valence-corrected chi connectivity index (χ0v) is 20.0. The Labute approximate surface area is 211 Å². The zero-order valence-electron chi connectivity index (χ0n) is 18.5. The number of aromatic nitrogens is 2. The molecule has 180 valence electrons. The average Bonchev–Trinajstić information content (AvgIpc) is 3.54. The molecule has 5 rings (SSSR count). The lowest BCUT2D eigenvalue weighted by Crippen LogP contribution is -2.09. The molecule has 0 spiro atoms. The Morgan fingerprint density at radius 2 is 1.49 bits per heavy atom. The highest BCUT2D eigenvalue weighted by molar-refractivity contribution is 6.37. The molecule has 35 heavy (non-hydrogen) atoms. The van der Waals surface area contributed by atoms with Crippen LogP contribution in [-0.2, 0) is 19.2 Å². The summed E-state index contributed by atoms with van der Waals surface area (Å²) in [6.07, 6.45) is -0.831. The maximum Gasteiger partial charge on any atom is 0.435 e. The molecule has 3 nitrogen and oxygen atoms in total. The average molecular weight is 517 g/mol. The fraction of sp³-hybridized carbons (Fsp3) is 0.222. The summed E-state index contributed by atoms with van der Waals surface area (Å²) >= 11 is 12.4. The van der Waals surface area contributed by atoms with E-state index in [9.17, 15) is 13.2 Å². The normalized spacial score (nSPS) is 13.7. The van der Waals surface area contributed by atoms with E-state index in [0.717, 1.165) is 34.2 Å². The number of ether oxygens (including phenoxy) is 1. The molecule has 0 aliphatic heterocycles. The maximum absolute atomic E-state index is 13.4. The monoisotopic (exact) mass is 516 g/mol. The minimum absolute atomic E-state index is 0.153. The van der Waals surface area contributed by atoms with Crippen molar-refractivity contribution in [2.75, 3.05) is 0 Å². The molecule has 3 aromatic carbocycles. The predicted octanol–water partition coefficient (Wildman–Crippen LogP) is 8.40. The van der Waals surface area contributed by atoms with Gasteiger partial charge in [0.05, 0.1) is 15.7 Å². The molecular formula is C27H21Cl2F3N2O. The van der Waals surface area contributed by atoms with Crippen LogP contribution in [0.4, 0.5) is 13.2 Å². The Hall–Kier alpha value is -2.96. The van der Waals surface area contributed by atoms with Crippen LogP contribution in [0.5, 0.6) is 5.75 Å². The number of rotatable bonds is 7. The highest BCUT2D eigenvalue weighted by Gasteiger charge is 2.35. The number of benzene rings is 3. The number of nitrogens with zero attached hydrogens (tertiary/aromatic N) is 2. The standard InChI is InChI=1S/C27H21Cl2F3N2O/c28-23-2-1-3-24(29)26(23)34-21(15-25(33-34)27(30,31)32)16-35-22-12-10-20(11-13-22)19-8-6-18(7-9-19)14-17-4-5-17/h1-3,6-13,15,17H,4-5,14,16H2. The van der Waals surface area contributed by atoms with Crippen molar-refractivity contribution < 1.29 is 17.9 Å². The van der Waals surface area contributed by atoms with E-state index in [0.29, 0.717) is 5.75 Å².